The van der Waals surface area contributed by atoms with Gasteiger partial charge in [-0.25, -0.2) is 4.98 Å². The van der Waals surface area contributed by atoms with Crippen LogP contribution in [0.2, 0.25) is 0 Å². The molecule has 156 valence electrons. The zero-order valence-electron chi connectivity index (χ0n) is 16.7. The molecule has 3 heterocycles. The van der Waals surface area contributed by atoms with E-state index in [1.165, 1.54) is 17.6 Å². The molecule has 0 radical (unpaired) electrons. The maximum atomic E-state index is 12.6. The summed E-state index contributed by atoms with van der Waals surface area (Å²) in [6.07, 6.45) is 3.01. The number of rotatable bonds is 7. The molecule has 2 aromatic rings. The summed E-state index contributed by atoms with van der Waals surface area (Å²) in [5.74, 6) is 0.0234. The first-order chi connectivity index (χ1) is 14.0. The molecule has 0 aromatic carbocycles. The molecule has 3 rings (SSSR count). The van der Waals surface area contributed by atoms with Crippen LogP contribution in [0.1, 0.15) is 42.9 Å². The molecular formula is C20H26N4O4S. The molecule has 29 heavy (non-hydrogen) atoms. The van der Waals surface area contributed by atoms with Gasteiger partial charge in [0.25, 0.3) is 5.91 Å². The Morgan fingerprint density at radius 3 is 2.62 bits per heavy atom. The molecule has 9 heteroatoms. The zero-order valence-corrected chi connectivity index (χ0v) is 17.5. The van der Waals surface area contributed by atoms with Crippen molar-refractivity contribution in [3.8, 4) is 0 Å². The molecule has 0 unspecified atom stereocenters. The van der Waals surface area contributed by atoms with Gasteiger partial charge in [-0.3, -0.25) is 19.7 Å². The first-order valence-corrected chi connectivity index (χ1v) is 10.8. The van der Waals surface area contributed by atoms with E-state index in [-0.39, 0.29) is 35.8 Å². The van der Waals surface area contributed by atoms with E-state index in [1.54, 1.807) is 22.4 Å². The number of hydrogen-bond acceptors (Lipinski definition) is 6. The summed E-state index contributed by atoms with van der Waals surface area (Å²) in [6, 6.07) is 3.21. The van der Waals surface area contributed by atoms with Gasteiger partial charge in [0.05, 0.1) is 18.4 Å². The molecule has 2 aromatic heterocycles. The van der Waals surface area contributed by atoms with Crippen molar-refractivity contribution in [3.05, 3.63) is 35.2 Å². The van der Waals surface area contributed by atoms with Gasteiger partial charge in [0.2, 0.25) is 11.8 Å². The van der Waals surface area contributed by atoms with E-state index in [0.29, 0.717) is 36.8 Å². The minimum atomic E-state index is -0.373. The lowest BCUT2D eigenvalue weighted by atomic mass is 9.95. The smallest absolute Gasteiger partial charge is 0.293 e. The first-order valence-electron chi connectivity index (χ1n) is 9.87. The third kappa shape index (κ3) is 5.23. The number of aromatic nitrogens is 1. The number of carbonyl (C=O) groups is 3. The Morgan fingerprint density at radius 1 is 1.28 bits per heavy atom. The number of piperidine rings is 1. The molecule has 1 aliphatic heterocycles. The fourth-order valence-corrected chi connectivity index (χ4v) is 4.15. The quantitative estimate of drug-likeness (QED) is 0.746. The third-order valence-corrected chi connectivity index (χ3v) is 5.93. The van der Waals surface area contributed by atoms with Crippen molar-refractivity contribution in [1.82, 2.24) is 14.8 Å². The Morgan fingerprint density at radius 2 is 2.00 bits per heavy atom. The van der Waals surface area contributed by atoms with Crippen LogP contribution >= 0.6 is 11.3 Å². The Hall–Kier alpha value is -2.68. The molecule has 0 saturated carbocycles. The van der Waals surface area contributed by atoms with Gasteiger partial charge in [0, 0.05) is 37.5 Å². The summed E-state index contributed by atoms with van der Waals surface area (Å²) in [6.45, 7) is 6.58. The standard InChI is InChI=1S/C20H26N4O4S/c1-3-23(4-2)19(27)14-7-9-24(10-8-14)17(25)12-15-13-29-20(21-15)22-18(26)16-6-5-11-28-16/h5-6,11,13-14H,3-4,7-10,12H2,1-2H3,(H,21,22,26). The number of anilines is 1. The van der Waals surface area contributed by atoms with Crippen LogP contribution in [0.15, 0.2) is 28.2 Å². The number of carbonyl (C=O) groups excluding carboxylic acids is 3. The normalized spacial score (nSPS) is 14.6. The van der Waals surface area contributed by atoms with E-state index >= 15 is 0 Å². The van der Waals surface area contributed by atoms with E-state index in [1.807, 2.05) is 18.7 Å². The molecule has 3 amide bonds. The van der Waals surface area contributed by atoms with E-state index in [9.17, 15) is 14.4 Å². The molecule has 0 bridgehead atoms. The number of nitrogens with zero attached hydrogens (tertiary/aromatic N) is 3. The first kappa shape index (κ1) is 21.0. The second kappa shape index (κ2) is 9.69. The Balaban J connectivity index is 1.48. The van der Waals surface area contributed by atoms with Crippen LogP contribution in [-0.2, 0) is 16.0 Å². The molecule has 1 fully saturated rings. The molecule has 8 nitrogen and oxygen atoms in total. The third-order valence-electron chi connectivity index (χ3n) is 5.12. The van der Waals surface area contributed by atoms with Crippen molar-refractivity contribution in [1.29, 1.82) is 0 Å². The zero-order chi connectivity index (χ0) is 20.8. The molecule has 1 aliphatic rings. The Kier molecular flexibility index (Phi) is 7.03. The molecule has 0 aliphatic carbocycles. The maximum absolute atomic E-state index is 12.6. The second-order valence-corrected chi connectivity index (χ2v) is 7.78. The van der Waals surface area contributed by atoms with Crippen molar-refractivity contribution in [2.75, 3.05) is 31.5 Å². The summed E-state index contributed by atoms with van der Waals surface area (Å²) in [7, 11) is 0. The summed E-state index contributed by atoms with van der Waals surface area (Å²) < 4.78 is 5.05. The van der Waals surface area contributed by atoms with Gasteiger partial charge in [0.1, 0.15) is 0 Å². The highest BCUT2D eigenvalue weighted by atomic mass is 32.1. The van der Waals surface area contributed by atoms with Gasteiger partial charge in [-0.2, -0.15) is 0 Å². The van der Waals surface area contributed by atoms with Gasteiger partial charge >= 0.3 is 0 Å². The monoisotopic (exact) mass is 418 g/mol. The van der Waals surface area contributed by atoms with Gasteiger partial charge < -0.3 is 14.2 Å². The average Bonchev–Trinajstić information content (AvgIpc) is 3.41. The minimum Gasteiger partial charge on any atom is -0.459 e. The molecule has 1 N–H and O–H groups in total. The van der Waals surface area contributed by atoms with Crippen LogP contribution in [0.5, 0.6) is 0 Å². The molecule has 0 atom stereocenters. The summed E-state index contributed by atoms with van der Waals surface area (Å²) in [5.41, 5.74) is 0.621. The summed E-state index contributed by atoms with van der Waals surface area (Å²) >= 11 is 1.27. The predicted molar refractivity (Wildman–Crippen MR) is 110 cm³/mol. The highest BCUT2D eigenvalue weighted by Crippen LogP contribution is 2.22. The predicted octanol–water partition coefficient (Wildman–Crippen LogP) is 2.64. The fourth-order valence-electron chi connectivity index (χ4n) is 3.45. The highest BCUT2D eigenvalue weighted by molar-refractivity contribution is 7.14. The summed E-state index contributed by atoms with van der Waals surface area (Å²) in [4.78, 5) is 45.0. The van der Waals surface area contributed by atoms with Crippen LogP contribution in [0.4, 0.5) is 5.13 Å². The average molecular weight is 419 g/mol. The van der Waals surface area contributed by atoms with Gasteiger partial charge in [-0.1, -0.05) is 0 Å². The van der Waals surface area contributed by atoms with Crippen LogP contribution in [0.3, 0.4) is 0 Å². The van der Waals surface area contributed by atoms with E-state index in [2.05, 4.69) is 10.3 Å². The van der Waals surface area contributed by atoms with Crippen LogP contribution in [-0.4, -0.2) is 58.7 Å². The van der Waals surface area contributed by atoms with Crippen molar-refractivity contribution in [3.63, 3.8) is 0 Å². The number of amides is 3. The number of furan rings is 1. The van der Waals surface area contributed by atoms with Gasteiger partial charge in [0.15, 0.2) is 10.9 Å². The topological polar surface area (TPSA) is 95.8 Å². The molecule has 1 saturated heterocycles. The second-order valence-electron chi connectivity index (χ2n) is 6.92. The molecular weight excluding hydrogens is 392 g/mol. The highest BCUT2D eigenvalue weighted by Gasteiger charge is 2.29. The van der Waals surface area contributed by atoms with E-state index in [0.717, 1.165) is 13.1 Å². The Labute approximate surface area is 173 Å². The fraction of sp³-hybridized carbons (Fsp3) is 0.500. The van der Waals surface area contributed by atoms with Crippen LogP contribution < -0.4 is 5.32 Å². The van der Waals surface area contributed by atoms with Gasteiger partial charge in [-0.05, 0) is 38.8 Å². The SMILES string of the molecule is CCN(CC)C(=O)C1CCN(C(=O)Cc2csc(NC(=O)c3ccco3)n2)CC1. The van der Waals surface area contributed by atoms with Crippen LogP contribution in [0, 0.1) is 5.92 Å². The number of thiazole rings is 1. The van der Waals surface area contributed by atoms with Crippen molar-refractivity contribution in [2.24, 2.45) is 5.92 Å². The lowest BCUT2D eigenvalue weighted by Crippen LogP contribution is -2.44. The lowest BCUT2D eigenvalue weighted by Gasteiger charge is -2.33. The van der Waals surface area contributed by atoms with Gasteiger partial charge in [-0.15, -0.1) is 11.3 Å². The maximum Gasteiger partial charge on any atom is 0.293 e. The number of likely N-dealkylation sites (tertiary alicyclic amines) is 1. The summed E-state index contributed by atoms with van der Waals surface area (Å²) in [5, 5.41) is 4.86. The lowest BCUT2D eigenvalue weighted by molar-refractivity contribution is -0.140. The number of hydrogen-bond donors (Lipinski definition) is 1. The minimum absolute atomic E-state index is 0.00152. The molecule has 0 spiro atoms. The van der Waals surface area contributed by atoms with E-state index < -0.39 is 0 Å². The van der Waals surface area contributed by atoms with Crippen molar-refractivity contribution >= 4 is 34.2 Å². The number of nitrogens with one attached hydrogen (secondary N) is 1. The van der Waals surface area contributed by atoms with Crippen LogP contribution in [0.25, 0.3) is 0 Å². The van der Waals surface area contributed by atoms with Crippen molar-refractivity contribution in [2.45, 2.75) is 33.1 Å². The van der Waals surface area contributed by atoms with E-state index in [4.69, 9.17) is 4.42 Å². The Bertz CT molecular complexity index is 837. The van der Waals surface area contributed by atoms with Crippen molar-refractivity contribution < 1.29 is 18.8 Å². The largest absolute Gasteiger partial charge is 0.459 e.